The van der Waals surface area contributed by atoms with Gasteiger partial charge in [0.15, 0.2) is 0 Å². The zero-order valence-corrected chi connectivity index (χ0v) is 29.2. The van der Waals surface area contributed by atoms with Gasteiger partial charge in [-0.25, -0.2) is 21.9 Å². The summed E-state index contributed by atoms with van der Waals surface area (Å²) >= 11 is 0. The number of likely N-dealkylation sites (tertiary alicyclic amines) is 1. The van der Waals surface area contributed by atoms with E-state index in [1.807, 2.05) is 26.0 Å². The van der Waals surface area contributed by atoms with E-state index in [1.54, 1.807) is 35.2 Å². The van der Waals surface area contributed by atoms with Gasteiger partial charge in [-0.15, -0.1) is 0 Å². The van der Waals surface area contributed by atoms with E-state index in [0.29, 0.717) is 35.5 Å². The van der Waals surface area contributed by atoms with Gasteiger partial charge in [-0.3, -0.25) is 15.2 Å². The number of amidine groups is 1. The minimum absolute atomic E-state index is 0.0967. The molecule has 48 heavy (non-hydrogen) atoms. The first-order valence-corrected chi connectivity index (χ1v) is 18.5. The number of aliphatic imine (C=N–C) groups is 1. The number of urea groups is 1. The molecule has 3 aromatic rings. The van der Waals surface area contributed by atoms with Crippen LogP contribution < -0.4 is 19.9 Å². The highest BCUT2D eigenvalue weighted by Gasteiger charge is 2.55. The second-order valence-corrected chi connectivity index (χ2v) is 15.9. The molecule has 2 N–H and O–H groups in total. The Morgan fingerprint density at radius 2 is 1.73 bits per heavy atom. The molecule has 0 unspecified atom stereocenters. The van der Waals surface area contributed by atoms with Gasteiger partial charge in [0.05, 0.1) is 35.8 Å². The quantitative estimate of drug-likeness (QED) is 0.317. The number of hydrogen-bond acceptors (Lipinski definition) is 5. The summed E-state index contributed by atoms with van der Waals surface area (Å²) in [6.07, 6.45) is 6.85. The van der Waals surface area contributed by atoms with Crippen molar-refractivity contribution in [3.05, 3.63) is 78.1 Å². The predicted molar refractivity (Wildman–Crippen MR) is 187 cm³/mol. The molecule has 9 nitrogen and oxygen atoms in total. The van der Waals surface area contributed by atoms with Crippen LogP contribution in [0.2, 0.25) is 0 Å². The molecule has 2 amide bonds. The van der Waals surface area contributed by atoms with Crippen molar-refractivity contribution in [3.8, 4) is 16.9 Å². The van der Waals surface area contributed by atoms with Crippen molar-refractivity contribution >= 4 is 27.6 Å². The first kappa shape index (κ1) is 34.1. The zero-order chi connectivity index (χ0) is 34.1. The van der Waals surface area contributed by atoms with E-state index in [4.69, 9.17) is 9.73 Å². The number of nitrogens with zero attached hydrogens (tertiary/aromatic N) is 3. The summed E-state index contributed by atoms with van der Waals surface area (Å²) in [6, 6.07) is 19.1. The number of ether oxygens (including phenoxy) is 1. The Labute approximate surface area is 283 Å². The van der Waals surface area contributed by atoms with E-state index in [1.165, 1.54) is 47.4 Å². The minimum Gasteiger partial charge on any atom is -0.491 e. The molecule has 0 aromatic heterocycles. The molecule has 2 aliphatic heterocycles. The molecule has 2 saturated heterocycles. The molecular formula is C37H47FN5O4S+. The molecule has 0 bridgehead atoms. The van der Waals surface area contributed by atoms with E-state index in [0.717, 1.165) is 51.1 Å². The van der Waals surface area contributed by atoms with Crippen molar-refractivity contribution in [1.29, 1.82) is 0 Å². The second kappa shape index (κ2) is 14.0. The number of rotatable bonds is 9. The summed E-state index contributed by atoms with van der Waals surface area (Å²) in [7, 11) is -0.642. The topological polar surface area (TPSA) is 95.7 Å². The highest BCUT2D eigenvalue weighted by molar-refractivity contribution is 7.89. The van der Waals surface area contributed by atoms with Crippen molar-refractivity contribution in [2.24, 2.45) is 4.99 Å². The molecule has 2 heterocycles. The number of piperidine rings is 1. The number of nitrogens with one attached hydrogen (secondary N) is 2. The van der Waals surface area contributed by atoms with Crippen LogP contribution in [0.5, 0.6) is 5.75 Å². The minimum atomic E-state index is -3.62. The number of sulfonamides is 1. The average Bonchev–Trinajstić information content (AvgIpc) is 3.31. The monoisotopic (exact) mass is 676 g/mol. The third-order valence-corrected chi connectivity index (χ3v) is 11.7. The Morgan fingerprint density at radius 3 is 2.40 bits per heavy atom. The number of quaternary nitrogens is 1. The molecular weight excluding hydrogens is 630 g/mol. The lowest BCUT2D eigenvalue weighted by Gasteiger charge is -2.42. The van der Waals surface area contributed by atoms with Crippen molar-refractivity contribution in [1.82, 2.24) is 9.62 Å². The van der Waals surface area contributed by atoms with Crippen LogP contribution in [-0.2, 0) is 16.6 Å². The molecule has 256 valence electrons. The standard InChI is InChI=1S/C37H46FN5O4S/c1-26(2)47-31-12-8-9-27(23-31)25-42-21-19-37(20-22-42)35(39-30-10-6-5-7-11-30)40-36(44)43(37)34-24-29(38)15-18-33(34)28-13-16-32(17-14-28)48(45,46)41(3)4/h8-9,12-18,23-24,26,30H,5-7,10-11,19-22,25H2,1-4H3,(H,39,40,44)/p+1. The third kappa shape index (κ3) is 6.99. The summed E-state index contributed by atoms with van der Waals surface area (Å²) in [5.74, 6) is 1.10. The lowest BCUT2D eigenvalue weighted by molar-refractivity contribution is -0.919. The summed E-state index contributed by atoms with van der Waals surface area (Å²) < 4.78 is 47.7. The Kier molecular flexibility index (Phi) is 9.92. The molecule has 1 saturated carbocycles. The fourth-order valence-corrected chi connectivity index (χ4v) is 8.26. The first-order valence-electron chi connectivity index (χ1n) is 17.1. The highest BCUT2D eigenvalue weighted by atomic mass is 32.2. The highest BCUT2D eigenvalue weighted by Crippen LogP contribution is 2.42. The lowest BCUT2D eigenvalue weighted by atomic mass is 9.84. The molecule has 0 radical (unpaired) electrons. The molecule has 3 aromatic carbocycles. The number of amides is 2. The maximum atomic E-state index is 15.1. The number of anilines is 1. The van der Waals surface area contributed by atoms with Crippen LogP contribution >= 0.6 is 0 Å². The van der Waals surface area contributed by atoms with Crippen LogP contribution in [0.1, 0.15) is 64.4 Å². The third-order valence-electron chi connectivity index (χ3n) is 9.84. The fourth-order valence-electron chi connectivity index (χ4n) is 7.35. The van der Waals surface area contributed by atoms with Crippen LogP contribution in [0, 0.1) is 5.82 Å². The van der Waals surface area contributed by atoms with Gasteiger partial charge >= 0.3 is 6.03 Å². The maximum absolute atomic E-state index is 15.1. The summed E-state index contributed by atoms with van der Waals surface area (Å²) in [6.45, 7) is 6.46. The smallest absolute Gasteiger partial charge is 0.328 e. The average molecular weight is 677 g/mol. The van der Waals surface area contributed by atoms with Crippen LogP contribution in [0.4, 0.5) is 14.9 Å². The normalized spacial score (nSPS) is 23.0. The van der Waals surface area contributed by atoms with Gasteiger partial charge in [0.2, 0.25) is 10.0 Å². The molecule has 0 atom stereocenters. The molecule has 3 fully saturated rings. The van der Waals surface area contributed by atoms with Gasteiger partial charge in [-0.1, -0.05) is 43.5 Å². The Balaban J connectivity index is 1.35. The van der Waals surface area contributed by atoms with Crippen molar-refractivity contribution < 1.29 is 27.2 Å². The zero-order valence-electron chi connectivity index (χ0n) is 28.3. The van der Waals surface area contributed by atoms with E-state index in [2.05, 4.69) is 17.4 Å². The van der Waals surface area contributed by atoms with Gasteiger partial charge in [0.1, 0.15) is 29.5 Å². The number of carbonyl (C=O) groups excluding carboxylic acids is 1. The number of halogens is 1. The number of carbonyl (C=O) groups is 1. The molecule has 1 spiro atoms. The van der Waals surface area contributed by atoms with Crippen molar-refractivity contribution in [3.63, 3.8) is 0 Å². The molecule has 1 aliphatic carbocycles. The van der Waals surface area contributed by atoms with E-state index in [9.17, 15) is 13.2 Å². The number of benzene rings is 3. The van der Waals surface area contributed by atoms with Crippen LogP contribution in [0.3, 0.4) is 0 Å². The maximum Gasteiger partial charge on any atom is 0.328 e. The number of hydrogen-bond donors (Lipinski definition) is 2. The summed E-state index contributed by atoms with van der Waals surface area (Å²) in [4.78, 5) is 22.6. The van der Waals surface area contributed by atoms with E-state index >= 15 is 4.39 Å². The SMILES string of the molecule is CC(C)Oc1cccc(C[NH+]2CCC3(CC2)C(=NC2CCCCC2)NC(=O)N3c2cc(F)ccc2-c2ccc(S(=O)(=O)N(C)C)cc2)c1. The van der Waals surface area contributed by atoms with Crippen LogP contribution in [0.15, 0.2) is 76.6 Å². The summed E-state index contributed by atoms with van der Waals surface area (Å²) in [5.41, 5.74) is 2.23. The van der Waals surface area contributed by atoms with Crippen molar-refractivity contribution in [2.45, 2.75) is 87.9 Å². The molecule has 11 heteroatoms. The van der Waals surface area contributed by atoms with Crippen molar-refractivity contribution in [2.75, 3.05) is 32.1 Å². The fraction of sp³-hybridized carbons (Fsp3) is 0.459. The van der Waals surface area contributed by atoms with E-state index < -0.39 is 21.4 Å². The Morgan fingerprint density at radius 1 is 1.02 bits per heavy atom. The molecule has 6 rings (SSSR count). The largest absolute Gasteiger partial charge is 0.491 e. The second-order valence-electron chi connectivity index (χ2n) is 13.8. The van der Waals surface area contributed by atoms with Crippen LogP contribution in [0.25, 0.3) is 11.1 Å². The van der Waals surface area contributed by atoms with Gasteiger partial charge in [0.25, 0.3) is 0 Å². The van der Waals surface area contributed by atoms with Gasteiger partial charge in [0, 0.05) is 38.1 Å². The summed E-state index contributed by atoms with van der Waals surface area (Å²) in [5, 5.41) is 3.14. The van der Waals surface area contributed by atoms with Gasteiger partial charge < -0.3 is 9.64 Å². The predicted octanol–water partition coefficient (Wildman–Crippen LogP) is 5.41. The van der Waals surface area contributed by atoms with Crippen LogP contribution in [-0.4, -0.2) is 69.5 Å². The van der Waals surface area contributed by atoms with Gasteiger partial charge in [-0.05, 0) is 74.7 Å². The Hall–Kier alpha value is -3.80. The molecule has 3 aliphatic rings. The first-order chi connectivity index (χ1) is 23.0. The lowest BCUT2D eigenvalue weighted by Crippen LogP contribution is -3.12. The Bertz CT molecular complexity index is 1760. The van der Waals surface area contributed by atoms with Gasteiger partial charge in [-0.2, -0.15) is 0 Å². The van der Waals surface area contributed by atoms with E-state index in [-0.39, 0.29) is 23.1 Å².